The van der Waals surface area contributed by atoms with Crippen molar-refractivity contribution >= 4 is 11.8 Å². The van der Waals surface area contributed by atoms with E-state index in [0.717, 1.165) is 22.4 Å². The number of ketones is 1. The lowest BCUT2D eigenvalue weighted by atomic mass is 9.72. The Morgan fingerprint density at radius 3 is 2.28 bits per heavy atom. The molecule has 2 aliphatic rings. The molecule has 2 N–H and O–H groups in total. The third-order valence-corrected chi connectivity index (χ3v) is 7.01. The van der Waals surface area contributed by atoms with Gasteiger partial charge in [0.2, 0.25) is 0 Å². The van der Waals surface area contributed by atoms with Crippen molar-refractivity contribution in [2.24, 2.45) is 0 Å². The maximum Gasteiger partial charge on any atom is 0.336 e. The number of hydrogen-bond donors (Lipinski definition) is 2. The summed E-state index contributed by atoms with van der Waals surface area (Å²) in [5.74, 6) is -0.738. The number of aromatic hydroxyl groups is 1. The van der Waals surface area contributed by atoms with Crippen LogP contribution in [0.3, 0.4) is 0 Å². The fourth-order valence-corrected chi connectivity index (χ4v) is 5.25. The average molecular weight is 480 g/mol. The van der Waals surface area contributed by atoms with Crippen molar-refractivity contribution in [3.05, 3.63) is 124 Å². The number of rotatable bonds is 6. The van der Waals surface area contributed by atoms with Crippen LogP contribution < -0.4 is 5.32 Å². The first-order chi connectivity index (χ1) is 17.5. The van der Waals surface area contributed by atoms with Crippen LogP contribution in [0, 0.1) is 0 Å². The van der Waals surface area contributed by atoms with Crippen LogP contribution in [-0.4, -0.2) is 23.5 Å². The lowest BCUT2D eigenvalue weighted by Crippen LogP contribution is -2.36. The first kappa shape index (κ1) is 23.6. The minimum atomic E-state index is -0.546. The molecule has 1 aliphatic carbocycles. The van der Waals surface area contributed by atoms with E-state index >= 15 is 0 Å². The zero-order chi connectivity index (χ0) is 25.1. The molecular formula is C31H29NO4. The predicted octanol–water partition coefficient (Wildman–Crippen LogP) is 5.54. The van der Waals surface area contributed by atoms with Gasteiger partial charge in [-0.25, -0.2) is 4.79 Å². The van der Waals surface area contributed by atoms with Crippen molar-refractivity contribution in [1.82, 2.24) is 5.32 Å². The molecule has 36 heavy (non-hydrogen) atoms. The third kappa shape index (κ3) is 4.82. The molecule has 3 aromatic rings. The van der Waals surface area contributed by atoms with Gasteiger partial charge in [0.15, 0.2) is 5.78 Å². The van der Waals surface area contributed by atoms with Gasteiger partial charge in [0.1, 0.15) is 5.75 Å². The molecular weight excluding hydrogens is 450 g/mol. The molecule has 0 saturated carbocycles. The highest BCUT2D eigenvalue weighted by atomic mass is 16.5. The van der Waals surface area contributed by atoms with Gasteiger partial charge in [-0.1, -0.05) is 72.8 Å². The van der Waals surface area contributed by atoms with E-state index < -0.39 is 11.9 Å². The van der Waals surface area contributed by atoms with Crippen molar-refractivity contribution in [3.8, 4) is 5.75 Å². The summed E-state index contributed by atoms with van der Waals surface area (Å²) in [6.45, 7) is 2.11. The highest BCUT2D eigenvalue weighted by molar-refractivity contribution is 6.04. The van der Waals surface area contributed by atoms with Crippen LogP contribution in [0.25, 0.3) is 0 Å². The summed E-state index contributed by atoms with van der Waals surface area (Å²) in [6.07, 6.45) is 1.68. The second-order valence-corrected chi connectivity index (χ2v) is 9.39. The zero-order valence-corrected chi connectivity index (χ0v) is 20.2. The van der Waals surface area contributed by atoms with Crippen LogP contribution in [0.4, 0.5) is 0 Å². The van der Waals surface area contributed by atoms with E-state index in [2.05, 4.69) is 17.4 Å². The van der Waals surface area contributed by atoms with Gasteiger partial charge in [-0.2, -0.15) is 0 Å². The number of phenols is 1. The summed E-state index contributed by atoms with van der Waals surface area (Å²) < 4.78 is 5.72. The van der Waals surface area contributed by atoms with Gasteiger partial charge in [-0.05, 0) is 48.1 Å². The maximum absolute atomic E-state index is 13.6. The molecule has 0 amide bonds. The standard InChI is InChI=1S/C31H29NO4/c1-20-28(31(35)36-17-16-21-8-4-2-5-9-21)29(23-12-14-25(33)15-13-23)30-26(32-20)18-24(19-27(30)34)22-10-6-3-7-11-22/h2-15,24,29,32-33H,16-19H2,1H3/t24-,29+/m0/s1. The van der Waals surface area contributed by atoms with Crippen molar-refractivity contribution in [1.29, 1.82) is 0 Å². The van der Waals surface area contributed by atoms with Crippen molar-refractivity contribution in [2.75, 3.05) is 6.61 Å². The fourth-order valence-electron chi connectivity index (χ4n) is 5.25. The Morgan fingerprint density at radius 2 is 1.58 bits per heavy atom. The maximum atomic E-state index is 13.6. The van der Waals surface area contributed by atoms with Gasteiger partial charge in [0.05, 0.1) is 12.2 Å². The molecule has 0 spiro atoms. The second-order valence-electron chi connectivity index (χ2n) is 9.39. The Morgan fingerprint density at radius 1 is 0.917 bits per heavy atom. The zero-order valence-electron chi connectivity index (χ0n) is 20.2. The van der Waals surface area contributed by atoms with Crippen LogP contribution in [0.15, 0.2) is 107 Å². The van der Waals surface area contributed by atoms with Gasteiger partial charge in [0.25, 0.3) is 0 Å². The number of ether oxygens (including phenoxy) is 1. The number of phenolic OH excluding ortho intramolecular Hbond substituents is 1. The van der Waals surface area contributed by atoms with E-state index in [0.29, 0.717) is 36.1 Å². The Kier molecular flexibility index (Phi) is 6.72. The molecule has 1 heterocycles. The monoisotopic (exact) mass is 479 g/mol. The number of hydrogen-bond acceptors (Lipinski definition) is 5. The number of benzene rings is 3. The van der Waals surface area contributed by atoms with Gasteiger partial charge in [-0.3, -0.25) is 4.79 Å². The van der Waals surface area contributed by atoms with E-state index in [1.54, 1.807) is 24.3 Å². The SMILES string of the molecule is CC1=C(C(=O)OCCc2ccccc2)[C@@H](c2ccc(O)cc2)C2=C(C[C@H](c3ccccc3)CC2=O)N1. The first-order valence-corrected chi connectivity index (χ1v) is 12.3. The van der Waals surface area contributed by atoms with E-state index in [9.17, 15) is 14.7 Å². The highest BCUT2D eigenvalue weighted by Gasteiger charge is 2.41. The predicted molar refractivity (Wildman–Crippen MR) is 138 cm³/mol. The summed E-state index contributed by atoms with van der Waals surface area (Å²) in [7, 11) is 0. The number of nitrogens with one attached hydrogen (secondary N) is 1. The molecule has 182 valence electrons. The lowest BCUT2D eigenvalue weighted by molar-refractivity contribution is -0.139. The molecule has 5 heteroatoms. The van der Waals surface area contributed by atoms with Crippen LogP contribution in [0.5, 0.6) is 5.75 Å². The molecule has 5 nitrogen and oxygen atoms in total. The van der Waals surface area contributed by atoms with Crippen LogP contribution in [-0.2, 0) is 20.7 Å². The number of carbonyl (C=O) groups is 2. The molecule has 0 radical (unpaired) electrons. The van der Waals surface area contributed by atoms with Crippen LogP contribution >= 0.6 is 0 Å². The quantitative estimate of drug-likeness (QED) is 0.454. The molecule has 0 saturated heterocycles. The summed E-state index contributed by atoms with van der Waals surface area (Å²) >= 11 is 0. The summed E-state index contributed by atoms with van der Waals surface area (Å²) in [6, 6.07) is 26.7. The highest BCUT2D eigenvalue weighted by Crippen LogP contribution is 2.45. The summed E-state index contributed by atoms with van der Waals surface area (Å²) in [5, 5.41) is 13.2. The van der Waals surface area contributed by atoms with Crippen LogP contribution in [0.1, 0.15) is 48.3 Å². The molecule has 5 rings (SSSR count). The third-order valence-electron chi connectivity index (χ3n) is 7.01. The molecule has 2 atom stereocenters. The fraction of sp³-hybridized carbons (Fsp3) is 0.226. The second kappa shape index (κ2) is 10.2. The van der Waals surface area contributed by atoms with E-state index in [1.807, 2.05) is 55.5 Å². The van der Waals surface area contributed by atoms with E-state index in [1.165, 1.54) is 0 Å². The summed E-state index contributed by atoms with van der Waals surface area (Å²) in [5.41, 5.74) is 5.62. The minimum Gasteiger partial charge on any atom is -0.508 e. The molecule has 0 aromatic heterocycles. The first-order valence-electron chi connectivity index (χ1n) is 12.3. The van der Waals surface area contributed by atoms with Crippen molar-refractivity contribution < 1.29 is 19.4 Å². The normalized spacial score (nSPS) is 19.5. The van der Waals surface area contributed by atoms with E-state index in [4.69, 9.17) is 4.74 Å². The van der Waals surface area contributed by atoms with Crippen molar-refractivity contribution in [3.63, 3.8) is 0 Å². The topological polar surface area (TPSA) is 75.6 Å². The lowest BCUT2D eigenvalue weighted by Gasteiger charge is -2.36. The molecule has 3 aromatic carbocycles. The number of allylic oxidation sites excluding steroid dienone is 3. The van der Waals surface area contributed by atoms with Gasteiger partial charge in [-0.15, -0.1) is 0 Å². The molecule has 0 unspecified atom stereocenters. The van der Waals surface area contributed by atoms with Crippen LogP contribution in [0.2, 0.25) is 0 Å². The number of carbonyl (C=O) groups excluding carboxylic acids is 2. The Bertz CT molecular complexity index is 1320. The molecule has 0 fully saturated rings. The van der Waals surface area contributed by atoms with Gasteiger partial charge in [0, 0.05) is 35.7 Å². The van der Waals surface area contributed by atoms with Gasteiger partial charge >= 0.3 is 5.97 Å². The number of Topliss-reactive ketones (excluding diaryl/α,β-unsaturated/α-hetero) is 1. The number of esters is 1. The van der Waals surface area contributed by atoms with Crippen molar-refractivity contribution in [2.45, 2.75) is 38.0 Å². The largest absolute Gasteiger partial charge is 0.508 e. The molecule has 1 aliphatic heterocycles. The minimum absolute atomic E-state index is 0.0257. The summed E-state index contributed by atoms with van der Waals surface area (Å²) in [4.78, 5) is 27.0. The van der Waals surface area contributed by atoms with Gasteiger partial charge < -0.3 is 15.2 Å². The number of dihydropyridines is 1. The smallest absolute Gasteiger partial charge is 0.336 e. The van der Waals surface area contributed by atoms with E-state index in [-0.39, 0.29) is 24.1 Å². The Labute approximate surface area is 211 Å². The Balaban J connectivity index is 1.46. The average Bonchev–Trinajstić information content (AvgIpc) is 2.89. The Hall–Kier alpha value is -4.12. The molecule has 0 bridgehead atoms.